The Morgan fingerprint density at radius 3 is 2.68 bits per heavy atom. The largest absolute Gasteiger partial charge is 0.465 e. The summed E-state index contributed by atoms with van der Waals surface area (Å²) in [6, 6.07) is 8.08. The van der Waals surface area contributed by atoms with Gasteiger partial charge in [-0.3, -0.25) is 4.79 Å². The van der Waals surface area contributed by atoms with Gasteiger partial charge in [-0.25, -0.2) is 4.79 Å². The fourth-order valence-corrected chi connectivity index (χ4v) is 6.47. The van der Waals surface area contributed by atoms with E-state index >= 15 is 0 Å². The smallest absolute Gasteiger partial charge is 0.337 e. The fourth-order valence-electron chi connectivity index (χ4n) is 5.58. The summed E-state index contributed by atoms with van der Waals surface area (Å²) in [5.74, 6) is 0.249. The van der Waals surface area contributed by atoms with E-state index in [4.69, 9.17) is 4.74 Å². The van der Waals surface area contributed by atoms with Crippen LogP contribution in [0.1, 0.15) is 58.8 Å². The number of aromatic nitrogens is 1. The second-order valence-corrected chi connectivity index (χ2v) is 10.8. The highest BCUT2D eigenvalue weighted by atomic mass is 32.1. The maximum Gasteiger partial charge on any atom is 0.337 e. The van der Waals surface area contributed by atoms with E-state index in [0.717, 1.165) is 12.1 Å². The van der Waals surface area contributed by atoms with Gasteiger partial charge < -0.3 is 19.1 Å². The third kappa shape index (κ3) is 4.16. The third-order valence-corrected chi connectivity index (χ3v) is 8.24. The van der Waals surface area contributed by atoms with Gasteiger partial charge in [-0.2, -0.15) is 0 Å². The van der Waals surface area contributed by atoms with Crippen molar-refractivity contribution in [2.75, 3.05) is 34.3 Å². The second kappa shape index (κ2) is 9.55. The zero-order valence-electron chi connectivity index (χ0n) is 20.3. The monoisotopic (exact) mass is 479 g/mol. The van der Waals surface area contributed by atoms with Gasteiger partial charge >= 0.3 is 5.97 Å². The van der Waals surface area contributed by atoms with Crippen LogP contribution < -0.4 is 0 Å². The number of carbonyl (C=O) groups is 2. The number of carbonyl (C=O) groups excluding carboxylic acids is 2. The van der Waals surface area contributed by atoms with Crippen LogP contribution in [0.4, 0.5) is 0 Å². The van der Waals surface area contributed by atoms with Crippen molar-refractivity contribution < 1.29 is 14.3 Å². The van der Waals surface area contributed by atoms with Crippen LogP contribution in [0.3, 0.4) is 0 Å². The molecule has 0 unspecified atom stereocenters. The molecule has 3 aromatic rings. The van der Waals surface area contributed by atoms with Crippen molar-refractivity contribution in [2.24, 2.45) is 0 Å². The lowest BCUT2D eigenvalue weighted by Gasteiger charge is -2.29. The van der Waals surface area contributed by atoms with Crippen molar-refractivity contribution in [1.29, 1.82) is 0 Å². The van der Waals surface area contributed by atoms with E-state index in [1.54, 1.807) is 11.3 Å². The van der Waals surface area contributed by atoms with Crippen LogP contribution in [0.25, 0.3) is 22.2 Å². The average Bonchev–Trinajstić information content (AvgIpc) is 3.41. The predicted molar refractivity (Wildman–Crippen MR) is 136 cm³/mol. The van der Waals surface area contributed by atoms with Gasteiger partial charge in [0.15, 0.2) is 0 Å². The van der Waals surface area contributed by atoms with Gasteiger partial charge in [0.25, 0.3) is 0 Å². The summed E-state index contributed by atoms with van der Waals surface area (Å²) < 4.78 is 7.19. The molecular weight excluding hydrogens is 446 g/mol. The fraction of sp³-hybridized carbons (Fsp3) is 0.481. The molecule has 0 spiro atoms. The Balaban J connectivity index is 1.72. The molecule has 3 heterocycles. The summed E-state index contributed by atoms with van der Waals surface area (Å²) in [6.07, 6.45) is 6.12. The Bertz CT molecular complexity index is 1220. The summed E-state index contributed by atoms with van der Waals surface area (Å²) in [7, 11) is 5.48. The Morgan fingerprint density at radius 1 is 1.15 bits per heavy atom. The molecule has 5 rings (SSSR count). The zero-order chi connectivity index (χ0) is 23.8. The number of fused-ring (bicyclic) bond motifs is 5. The third-order valence-electron chi connectivity index (χ3n) is 7.34. The van der Waals surface area contributed by atoms with E-state index in [1.807, 2.05) is 31.1 Å². The molecule has 0 atom stereocenters. The normalized spacial score (nSPS) is 16.9. The molecule has 1 saturated carbocycles. The summed E-state index contributed by atoms with van der Waals surface area (Å²) in [5, 5.41) is 3.32. The predicted octanol–water partition coefficient (Wildman–Crippen LogP) is 5.11. The number of hydrogen-bond donors (Lipinski definition) is 0. The molecule has 1 amide bonds. The van der Waals surface area contributed by atoms with Crippen molar-refractivity contribution in [3.05, 3.63) is 45.6 Å². The standard InChI is InChI=1S/C27H33N3O3S/c1-28(2)12-13-29-16-23-21(11-14-34-23)26-25(18-7-5-4-6-8-18)20-10-9-19(27(32)33-3)15-22(20)30(26)17-24(29)31/h9-11,14-15,18H,4-8,12-13,16-17H2,1-3H3. The molecular formula is C27H33N3O3S. The first-order valence-electron chi connectivity index (χ1n) is 12.2. The number of rotatable bonds is 5. The van der Waals surface area contributed by atoms with Gasteiger partial charge in [-0.15, -0.1) is 11.3 Å². The number of thiophene rings is 1. The van der Waals surface area contributed by atoms with Crippen molar-refractivity contribution in [3.63, 3.8) is 0 Å². The number of nitrogens with zero attached hydrogens (tertiary/aromatic N) is 3. The molecule has 34 heavy (non-hydrogen) atoms. The Kier molecular flexibility index (Phi) is 6.49. The van der Waals surface area contributed by atoms with Crippen LogP contribution in [0, 0.1) is 0 Å². The molecule has 0 saturated heterocycles. The molecule has 1 aromatic carbocycles. The van der Waals surface area contributed by atoms with Gasteiger partial charge in [-0.1, -0.05) is 25.3 Å². The van der Waals surface area contributed by atoms with Crippen LogP contribution in [-0.4, -0.2) is 60.5 Å². The van der Waals surface area contributed by atoms with Crippen LogP contribution in [0.2, 0.25) is 0 Å². The molecule has 1 aliphatic heterocycles. The highest BCUT2D eigenvalue weighted by molar-refractivity contribution is 7.10. The van der Waals surface area contributed by atoms with E-state index in [9.17, 15) is 9.59 Å². The van der Waals surface area contributed by atoms with E-state index in [-0.39, 0.29) is 18.4 Å². The van der Waals surface area contributed by atoms with E-state index in [0.29, 0.717) is 24.6 Å². The molecule has 2 aliphatic rings. The van der Waals surface area contributed by atoms with Gasteiger partial charge in [0.05, 0.1) is 30.4 Å². The molecule has 7 heteroatoms. The first kappa shape index (κ1) is 23.1. The number of ether oxygens (including phenoxy) is 1. The van der Waals surface area contributed by atoms with Crippen LogP contribution in [0.15, 0.2) is 29.6 Å². The highest BCUT2D eigenvalue weighted by Crippen LogP contribution is 2.46. The van der Waals surface area contributed by atoms with Gasteiger partial charge in [0.1, 0.15) is 6.54 Å². The Morgan fingerprint density at radius 2 is 1.94 bits per heavy atom. The molecule has 2 aromatic heterocycles. The van der Waals surface area contributed by atoms with Crippen molar-refractivity contribution >= 4 is 34.1 Å². The molecule has 1 fully saturated rings. The SMILES string of the molecule is COC(=O)c1ccc2c(C3CCCCC3)c3n(c2c1)CC(=O)N(CCN(C)C)Cc1sccc1-3. The van der Waals surface area contributed by atoms with E-state index in [2.05, 4.69) is 27.0 Å². The zero-order valence-corrected chi connectivity index (χ0v) is 21.1. The quantitative estimate of drug-likeness (QED) is 0.478. The number of likely N-dealkylation sites (N-methyl/N-ethyl adjacent to an activating group) is 1. The summed E-state index contributed by atoms with van der Waals surface area (Å²) in [6.45, 7) is 2.46. The molecule has 0 N–H and O–H groups in total. The first-order valence-corrected chi connectivity index (χ1v) is 13.1. The number of hydrogen-bond acceptors (Lipinski definition) is 5. The second-order valence-electron chi connectivity index (χ2n) is 9.78. The Labute approximate surface area is 205 Å². The van der Waals surface area contributed by atoms with Crippen LogP contribution >= 0.6 is 11.3 Å². The number of benzene rings is 1. The highest BCUT2D eigenvalue weighted by Gasteiger charge is 2.31. The Hall–Kier alpha value is -2.64. The molecule has 0 bridgehead atoms. The van der Waals surface area contributed by atoms with E-state index < -0.39 is 0 Å². The van der Waals surface area contributed by atoms with Crippen LogP contribution in [-0.2, 0) is 22.6 Å². The minimum Gasteiger partial charge on any atom is -0.465 e. The molecule has 0 radical (unpaired) electrons. The minimum atomic E-state index is -0.349. The van der Waals surface area contributed by atoms with Crippen molar-refractivity contribution in [3.8, 4) is 11.3 Å². The summed E-state index contributed by atoms with van der Waals surface area (Å²) in [4.78, 5) is 31.3. The lowest BCUT2D eigenvalue weighted by atomic mass is 9.81. The maximum atomic E-state index is 13.6. The molecule has 6 nitrogen and oxygen atoms in total. The lowest BCUT2D eigenvalue weighted by Crippen LogP contribution is -2.39. The van der Waals surface area contributed by atoms with E-state index in [1.165, 1.54) is 66.3 Å². The van der Waals surface area contributed by atoms with Gasteiger partial charge in [-0.05, 0) is 62.0 Å². The topological polar surface area (TPSA) is 54.8 Å². The first-order chi connectivity index (χ1) is 16.5. The summed E-state index contributed by atoms with van der Waals surface area (Å²) in [5.41, 5.74) is 5.26. The number of methoxy groups -OCH3 is 1. The minimum absolute atomic E-state index is 0.123. The number of amides is 1. The van der Waals surface area contributed by atoms with Crippen LogP contribution in [0.5, 0.6) is 0 Å². The lowest BCUT2D eigenvalue weighted by molar-refractivity contribution is -0.132. The summed E-state index contributed by atoms with van der Waals surface area (Å²) >= 11 is 1.73. The van der Waals surface area contributed by atoms with Crippen molar-refractivity contribution in [1.82, 2.24) is 14.4 Å². The average molecular weight is 480 g/mol. The maximum absolute atomic E-state index is 13.6. The van der Waals surface area contributed by atoms with Gasteiger partial charge in [0, 0.05) is 28.9 Å². The molecule has 180 valence electrons. The van der Waals surface area contributed by atoms with Crippen molar-refractivity contribution in [2.45, 2.75) is 51.1 Å². The van der Waals surface area contributed by atoms with Gasteiger partial charge in [0.2, 0.25) is 5.91 Å². The number of esters is 1. The molecule has 1 aliphatic carbocycles.